The van der Waals surface area contributed by atoms with Crippen LogP contribution in [0.1, 0.15) is 31.9 Å². The molecular weight excluding hydrogens is 412 g/mol. The van der Waals surface area contributed by atoms with Gasteiger partial charge in [-0.15, -0.1) is 0 Å². The van der Waals surface area contributed by atoms with Gasteiger partial charge in [-0.1, -0.05) is 39.0 Å². The minimum absolute atomic E-state index is 0.0528. The number of anilines is 2. The molecule has 1 aromatic heterocycles. The smallest absolute Gasteiger partial charge is 0.319 e. The highest BCUT2D eigenvalue weighted by Crippen LogP contribution is 2.24. The lowest BCUT2D eigenvalue weighted by Gasteiger charge is -2.19. The second kappa shape index (κ2) is 9.18. The van der Waals surface area contributed by atoms with Crippen LogP contribution in [-0.4, -0.2) is 19.4 Å². The number of nitrogens with one attached hydrogen (secondary N) is 3. The van der Waals surface area contributed by atoms with Crippen molar-refractivity contribution in [2.75, 3.05) is 10.0 Å². The third-order valence-electron chi connectivity index (χ3n) is 4.60. The SMILES string of the molecule is CC(C)(C)c1ccc(S(=O)(=O)Nc2ccc(NC(=O)NCc3cccnc3)cc2)cc1. The molecule has 0 saturated heterocycles. The maximum atomic E-state index is 12.6. The minimum atomic E-state index is -3.71. The van der Waals surface area contributed by atoms with Gasteiger partial charge in [-0.05, 0) is 59.0 Å². The first-order chi connectivity index (χ1) is 14.6. The predicted octanol–water partition coefficient (Wildman–Crippen LogP) is 4.50. The number of nitrogens with zero attached hydrogens (tertiary/aromatic N) is 1. The first-order valence-corrected chi connectivity index (χ1v) is 11.3. The van der Waals surface area contributed by atoms with E-state index in [-0.39, 0.29) is 16.3 Å². The Morgan fingerprint density at radius 3 is 2.16 bits per heavy atom. The fourth-order valence-electron chi connectivity index (χ4n) is 2.83. The number of benzene rings is 2. The largest absolute Gasteiger partial charge is 0.334 e. The van der Waals surface area contributed by atoms with E-state index in [1.54, 1.807) is 54.9 Å². The number of hydrogen-bond donors (Lipinski definition) is 3. The molecule has 0 spiro atoms. The Balaban J connectivity index is 1.58. The van der Waals surface area contributed by atoms with Crippen molar-refractivity contribution in [2.45, 2.75) is 37.6 Å². The molecule has 0 atom stereocenters. The van der Waals surface area contributed by atoms with Crippen molar-refractivity contribution in [3.05, 3.63) is 84.2 Å². The van der Waals surface area contributed by atoms with E-state index in [1.807, 2.05) is 18.2 Å². The first-order valence-electron chi connectivity index (χ1n) is 9.81. The molecule has 0 aliphatic heterocycles. The lowest BCUT2D eigenvalue weighted by Crippen LogP contribution is -2.28. The second-order valence-electron chi connectivity index (χ2n) is 8.13. The summed E-state index contributed by atoms with van der Waals surface area (Å²) >= 11 is 0. The summed E-state index contributed by atoms with van der Waals surface area (Å²) < 4.78 is 27.9. The van der Waals surface area contributed by atoms with Crippen LogP contribution in [0.2, 0.25) is 0 Å². The summed E-state index contributed by atoms with van der Waals surface area (Å²) in [4.78, 5) is 16.2. The number of amides is 2. The molecule has 0 aliphatic rings. The number of sulfonamides is 1. The molecule has 162 valence electrons. The number of rotatable bonds is 6. The fourth-order valence-corrected chi connectivity index (χ4v) is 3.89. The highest BCUT2D eigenvalue weighted by atomic mass is 32.2. The van der Waals surface area contributed by atoms with Crippen LogP contribution in [0.3, 0.4) is 0 Å². The maximum absolute atomic E-state index is 12.6. The van der Waals surface area contributed by atoms with Crippen LogP contribution >= 0.6 is 0 Å². The molecule has 31 heavy (non-hydrogen) atoms. The van der Waals surface area contributed by atoms with E-state index in [0.29, 0.717) is 17.9 Å². The topological polar surface area (TPSA) is 100 Å². The highest BCUT2D eigenvalue weighted by Gasteiger charge is 2.17. The van der Waals surface area contributed by atoms with E-state index < -0.39 is 10.0 Å². The second-order valence-corrected chi connectivity index (χ2v) is 9.81. The number of carbonyl (C=O) groups excluding carboxylic acids is 1. The molecule has 0 fully saturated rings. The number of aromatic nitrogens is 1. The minimum Gasteiger partial charge on any atom is -0.334 e. The molecule has 0 bridgehead atoms. The van der Waals surface area contributed by atoms with Gasteiger partial charge in [0.2, 0.25) is 0 Å². The number of pyridine rings is 1. The van der Waals surface area contributed by atoms with Crippen LogP contribution in [0.15, 0.2) is 78.0 Å². The quantitative estimate of drug-likeness (QED) is 0.527. The van der Waals surface area contributed by atoms with Crippen molar-refractivity contribution in [3.63, 3.8) is 0 Å². The molecule has 7 nitrogen and oxygen atoms in total. The molecule has 0 aliphatic carbocycles. The Morgan fingerprint density at radius 1 is 0.935 bits per heavy atom. The van der Waals surface area contributed by atoms with Gasteiger partial charge in [-0.2, -0.15) is 0 Å². The summed E-state index contributed by atoms with van der Waals surface area (Å²) in [5, 5.41) is 5.44. The Bertz CT molecular complexity index is 1120. The lowest BCUT2D eigenvalue weighted by molar-refractivity contribution is 0.251. The standard InChI is InChI=1S/C23H26N4O3S/c1-23(2,3)18-6-12-21(13-7-18)31(29,30)27-20-10-8-19(9-11-20)26-22(28)25-16-17-5-4-14-24-15-17/h4-15,27H,16H2,1-3H3,(H2,25,26,28). The van der Waals surface area contributed by atoms with Crippen molar-refractivity contribution in [1.82, 2.24) is 10.3 Å². The molecule has 3 N–H and O–H groups in total. The average molecular weight is 439 g/mol. The molecule has 3 aromatic rings. The van der Waals surface area contributed by atoms with Crippen LogP contribution in [0.4, 0.5) is 16.2 Å². The summed E-state index contributed by atoms with van der Waals surface area (Å²) in [6, 6.07) is 16.6. The number of urea groups is 1. The molecule has 0 unspecified atom stereocenters. The zero-order valence-corrected chi connectivity index (χ0v) is 18.5. The van der Waals surface area contributed by atoms with Gasteiger partial charge in [0.15, 0.2) is 0 Å². The van der Waals surface area contributed by atoms with Gasteiger partial charge < -0.3 is 10.6 Å². The van der Waals surface area contributed by atoms with Crippen LogP contribution in [0.25, 0.3) is 0 Å². The van der Waals surface area contributed by atoms with Gasteiger partial charge in [-0.25, -0.2) is 13.2 Å². The van der Waals surface area contributed by atoms with Gasteiger partial charge in [0.1, 0.15) is 0 Å². The monoisotopic (exact) mass is 438 g/mol. The molecule has 0 radical (unpaired) electrons. The molecule has 2 amide bonds. The summed E-state index contributed by atoms with van der Waals surface area (Å²) in [5.74, 6) is 0. The van der Waals surface area contributed by atoms with E-state index in [0.717, 1.165) is 11.1 Å². The third kappa shape index (κ3) is 6.29. The Morgan fingerprint density at radius 2 is 1.58 bits per heavy atom. The van der Waals surface area contributed by atoms with Crippen molar-refractivity contribution in [3.8, 4) is 0 Å². The molecule has 3 rings (SSSR count). The third-order valence-corrected chi connectivity index (χ3v) is 6.00. The van der Waals surface area contributed by atoms with Crippen LogP contribution < -0.4 is 15.4 Å². The molecule has 8 heteroatoms. The van der Waals surface area contributed by atoms with E-state index in [4.69, 9.17) is 0 Å². The summed E-state index contributed by atoms with van der Waals surface area (Å²) in [5.41, 5.74) is 2.84. The van der Waals surface area contributed by atoms with Crippen molar-refractivity contribution >= 4 is 27.4 Å². The number of carbonyl (C=O) groups is 1. The summed E-state index contributed by atoms with van der Waals surface area (Å²) in [7, 11) is -3.71. The van der Waals surface area contributed by atoms with Gasteiger partial charge >= 0.3 is 6.03 Å². The fraction of sp³-hybridized carbons (Fsp3) is 0.217. The Labute approximate surface area is 183 Å². The van der Waals surface area contributed by atoms with E-state index in [9.17, 15) is 13.2 Å². The van der Waals surface area contributed by atoms with Crippen molar-refractivity contribution < 1.29 is 13.2 Å². The van der Waals surface area contributed by atoms with E-state index >= 15 is 0 Å². The van der Waals surface area contributed by atoms with Crippen LogP contribution in [-0.2, 0) is 22.0 Å². The van der Waals surface area contributed by atoms with Crippen LogP contribution in [0, 0.1) is 0 Å². The maximum Gasteiger partial charge on any atom is 0.319 e. The van der Waals surface area contributed by atoms with E-state index in [2.05, 4.69) is 41.1 Å². The van der Waals surface area contributed by atoms with Gasteiger partial charge in [-0.3, -0.25) is 9.71 Å². The lowest BCUT2D eigenvalue weighted by atomic mass is 9.87. The summed E-state index contributed by atoms with van der Waals surface area (Å²) in [6.07, 6.45) is 3.35. The first kappa shape index (κ1) is 22.3. The Kier molecular flexibility index (Phi) is 6.60. The van der Waals surface area contributed by atoms with Crippen molar-refractivity contribution in [2.24, 2.45) is 0 Å². The Hall–Kier alpha value is -3.39. The molecule has 2 aromatic carbocycles. The van der Waals surface area contributed by atoms with Crippen molar-refractivity contribution in [1.29, 1.82) is 0 Å². The van der Waals surface area contributed by atoms with E-state index in [1.165, 1.54) is 0 Å². The van der Waals surface area contributed by atoms with Crippen LogP contribution in [0.5, 0.6) is 0 Å². The van der Waals surface area contributed by atoms with Gasteiger partial charge in [0, 0.05) is 30.3 Å². The molecule has 1 heterocycles. The zero-order valence-electron chi connectivity index (χ0n) is 17.7. The zero-order chi connectivity index (χ0) is 22.5. The highest BCUT2D eigenvalue weighted by molar-refractivity contribution is 7.92. The van der Waals surface area contributed by atoms with Gasteiger partial charge in [0.25, 0.3) is 10.0 Å². The summed E-state index contributed by atoms with van der Waals surface area (Å²) in [6.45, 7) is 6.57. The normalized spacial score (nSPS) is 11.6. The average Bonchev–Trinajstić information content (AvgIpc) is 2.74. The number of hydrogen-bond acceptors (Lipinski definition) is 4. The molecule has 0 saturated carbocycles. The predicted molar refractivity (Wildman–Crippen MR) is 122 cm³/mol. The van der Waals surface area contributed by atoms with Gasteiger partial charge in [0.05, 0.1) is 4.90 Å². The molecular formula is C23H26N4O3S.